The molecule has 1 aliphatic rings. The first-order valence-electron chi connectivity index (χ1n) is 22.6. The largest absolute Gasteiger partial charge is 0.462 e. The van der Waals surface area contributed by atoms with Gasteiger partial charge in [-0.15, -0.1) is 0 Å². The Balaban J connectivity index is 2.43. The monoisotopic (exact) mass is 823 g/mol. The molecule has 1 fully saturated rings. The maximum absolute atomic E-state index is 12.8. The summed E-state index contributed by atoms with van der Waals surface area (Å²) >= 11 is 0. The first-order chi connectivity index (χ1) is 27.0. The number of unbranched alkanes of at least 4 members (excludes halogenated alkanes) is 26. The summed E-state index contributed by atoms with van der Waals surface area (Å²) in [5, 5.41) is 30.8. The van der Waals surface area contributed by atoms with Gasteiger partial charge in [-0.1, -0.05) is 181 Å². The number of hydrogen-bond donors (Lipinski definition) is 4. The Bertz CT molecular complexity index is 1060. The molecule has 1 aliphatic heterocycles. The van der Waals surface area contributed by atoms with Crippen LogP contribution in [0.2, 0.25) is 0 Å². The SMILES string of the molecule is CCCCCCCCCCCCCCCCCC(=O)OC[C@H](CO[C@H]1O[C@H](CS(=O)(=O)O)[C@@H](O)[C@H](O)[C@H]1O)OC(=O)CCCCCCCCCCCCCCC. The normalized spacial score (nSPS) is 20.6. The summed E-state index contributed by atoms with van der Waals surface area (Å²) in [6.45, 7) is 3.77. The van der Waals surface area contributed by atoms with Crippen LogP contribution in [0.15, 0.2) is 0 Å². The van der Waals surface area contributed by atoms with E-state index in [0.717, 1.165) is 38.5 Å². The van der Waals surface area contributed by atoms with Gasteiger partial charge in [0.05, 0.1) is 6.61 Å². The molecule has 0 aliphatic carbocycles. The smallest absolute Gasteiger partial charge is 0.306 e. The molecule has 0 amide bonds. The number of carbonyl (C=O) groups is 2. The maximum Gasteiger partial charge on any atom is 0.306 e. The second kappa shape index (κ2) is 34.5. The summed E-state index contributed by atoms with van der Waals surface area (Å²) in [7, 11) is -4.59. The lowest BCUT2D eigenvalue weighted by Gasteiger charge is -2.40. The van der Waals surface area contributed by atoms with Crippen LogP contribution in [-0.4, -0.2) is 96.0 Å². The minimum atomic E-state index is -4.59. The lowest BCUT2D eigenvalue weighted by atomic mass is 10.00. The molecule has 56 heavy (non-hydrogen) atoms. The standard InChI is InChI=1S/C43H82O12S/c1-3-5-7-9-11-13-15-17-18-20-21-23-25-27-29-31-38(44)52-33-36(34-53-43-42(48)41(47)40(46)37(55-43)35-56(49,50)51)54-39(45)32-30-28-26-24-22-19-16-14-12-10-8-6-4-2/h36-37,40-43,46-48H,3-35H2,1-2H3,(H,49,50,51)/t36-,37-,40-,41+,42-,43+/m1/s1. The minimum absolute atomic E-state index is 0.172. The molecular formula is C43H82O12S. The molecule has 1 rings (SSSR count). The van der Waals surface area contributed by atoms with Crippen LogP contribution in [0.4, 0.5) is 0 Å². The van der Waals surface area contributed by atoms with Crippen LogP contribution in [0.5, 0.6) is 0 Å². The van der Waals surface area contributed by atoms with Crippen LogP contribution in [0, 0.1) is 0 Å². The van der Waals surface area contributed by atoms with E-state index in [1.54, 1.807) is 0 Å². The van der Waals surface area contributed by atoms with Crippen molar-refractivity contribution in [3.63, 3.8) is 0 Å². The lowest BCUT2D eigenvalue weighted by Crippen LogP contribution is -2.60. The Morgan fingerprint density at radius 1 is 0.536 bits per heavy atom. The Morgan fingerprint density at radius 2 is 0.911 bits per heavy atom. The lowest BCUT2D eigenvalue weighted by molar-refractivity contribution is -0.297. The molecule has 0 saturated carbocycles. The van der Waals surface area contributed by atoms with Crippen LogP contribution in [-0.2, 0) is 38.7 Å². The number of rotatable bonds is 38. The van der Waals surface area contributed by atoms with E-state index in [2.05, 4.69) is 13.8 Å². The highest BCUT2D eigenvalue weighted by Crippen LogP contribution is 2.24. The van der Waals surface area contributed by atoms with Gasteiger partial charge in [-0.2, -0.15) is 8.42 Å². The fraction of sp³-hybridized carbons (Fsp3) is 0.953. The Labute approximate surface area is 340 Å². The van der Waals surface area contributed by atoms with Gasteiger partial charge in [-0.25, -0.2) is 0 Å². The fourth-order valence-electron chi connectivity index (χ4n) is 7.15. The van der Waals surface area contributed by atoms with Gasteiger partial charge in [0.2, 0.25) is 0 Å². The van der Waals surface area contributed by atoms with E-state index in [-0.39, 0.29) is 19.4 Å². The number of carbonyl (C=O) groups excluding carboxylic acids is 2. The topological polar surface area (TPSA) is 186 Å². The van der Waals surface area contributed by atoms with Crippen LogP contribution >= 0.6 is 0 Å². The molecule has 0 unspecified atom stereocenters. The zero-order valence-corrected chi connectivity index (χ0v) is 36.1. The van der Waals surface area contributed by atoms with Crippen molar-refractivity contribution in [2.75, 3.05) is 19.0 Å². The molecule has 0 bridgehead atoms. The molecule has 12 nitrogen and oxygen atoms in total. The predicted molar refractivity (Wildman–Crippen MR) is 220 cm³/mol. The van der Waals surface area contributed by atoms with Crippen molar-refractivity contribution in [3.8, 4) is 0 Å². The molecule has 332 valence electrons. The molecule has 0 aromatic carbocycles. The van der Waals surface area contributed by atoms with Crippen molar-refractivity contribution in [2.24, 2.45) is 0 Å². The van der Waals surface area contributed by atoms with Gasteiger partial charge in [0.1, 0.15) is 36.8 Å². The molecule has 0 spiro atoms. The number of esters is 2. The van der Waals surface area contributed by atoms with Crippen LogP contribution < -0.4 is 0 Å². The van der Waals surface area contributed by atoms with E-state index in [1.165, 1.54) is 128 Å². The molecular weight excluding hydrogens is 741 g/mol. The molecule has 4 N–H and O–H groups in total. The summed E-state index contributed by atoms with van der Waals surface area (Å²) < 4.78 is 54.0. The second-order valence-electron chi connectivity index (χ2n) is 16.1. The minimum Gasteiger partial charge on any atom is -0.462 e. The highest BCUT2D eigenvalue weighted by molar-refractivity contribution is 7.85. The van der Waals surface area contributed by atoms with E-state index in [4.69, 9.17) is 18.9 Å². The van der Waals surface area contributed by atoms with Crippen molar-refractivity contribution in [3.05, 3.63) is 0 Å². The summed E-state index contributed by atoms with van der Waals surface area (Å²) in [5.74, 6) is -1.96. The highest BCUT2D eigenvalue weighted by Gasteiger charge is 2.46. The van der Waals surface area contributed by atoms with Crippen LogP contribution in [0.3, 0.4) is 0 Å². The van der Waals surface area contributed by atoms with Gasteiger partial charge in [-0.3, -0.25) is 14.1 Å². The number of aliphatic hydroxyl groups excluding tert-OH is 3. The zero-order chi connectivity index (χ0) is 41.3. The summed E-state index contributed by atoms with van der Waals surface area (Å²) in [6.07, 6.45) is 24.3. The molecule has 1 heterocycles. The van der Waals surface area contributed by atoms with Crippen molar-refractivity contribution < 1.29 is 56.8 Å². The molecule has 6 atom stereocenters. The van der Waals surface area contributed by atoms with Crippen LogP contribution in [0.1, 0.15) is 206 Å². The Morgan fingerprint density at radius 3 is 1.30 bits per heavy atom. The average Bonchev–Trinajstić information content (AvgIpc) is 3.16. The van der Waals surface area contributed by atoms with Crippen molar-refractivity contribution in [1.82, 2.24) is 0 Å². The van der Waals surface area contributed by atoms with Crippen molar-refractivity contribution in [1.29, 1.82) is 0 Å². The van der Waals surface area contributed by atoms with E-state index in [9.17, 15) is 37.9 Å². The quantitative estimate of drug-likeness (QED) is 0.0264. The summed E-state index contributed by atoms with van der Waals surface area (Å²) in [4.78, 5) is 25.4. The van der Waals surface area contributed by atoms with Gasteiger partial charge in [0, 0.05) is 12.8 Å². The van der Waals surface area contributed by atoms with Gasteiger partial charge in [-0.05, 0) is 12.8 Å². The zero-order valence-electron chi connectivity index (χ0n) is 35.3. The molecule has 0 aromatic rings. The summed E-state index contributed by atoms with van der Waals surface area (Å²) in [6, 6.07) is 0. The summed E-state index contributed by atoms with van der Waals surface area (Å²) in [5.41, 5.74) is 0. The van der Waals surface area contributed by atoms with E-state index >= 15 is 0 Å². The fourth-order valence-corrected chi connectivity index (χ4v) is 7.84. The Kier molecular flexibility index (Phi) is 32.5. The first kappa shape index (κ1) is 52.7. The number of aliphatic hydroxyl groups is 3. The Hall–Kier alpha value is -1.35. The van der Waals surface area contributed by atoms with E-state index in [1.807, 2.05) is 0 Å². The van der Waals surface area contributed by atoms with Gasteiger partial charge < -0.3 is 34.3 Å². The predicted octanol–water partition coefficient (Wildman–Crippen LogP) is 8.90. The molecule has 13 heteroatoms. The van der Waals surface area contributed by atoms with Crippen LogP contribution in [0.25, 0.3) is 0 Å². The molecule has 1 saturated heterocycles. The number of hydrogen-bond acceptors (Lipinski definition) is 11. The van der Waals surface area contributed by atoms with Gasteiger partial charge in [0.15, 0.2) is 12.4 Å². The third-order valence-electron chi connectivity index (χ3n) is 10.7. The second-order valence-corrected chi connectivity index (χ2v) is 17.6. The van der Waals surface area contributed by atoms with E-state index in [0.29, 0.717) is 12.8 Å². The van der Waals surface area contributed by atoms with Crippen molar-refractivity contribution >= 4 is 22.1 Å². The third kappa shape index (κ3) is 29.0. The van der Waals surface area contributed by atoms with Gasteiger partial charge in [0.25, 0.3) is 10.1 Å². The molecule has 0 aromatic heterocycles. The van der Waals surface area contributed by atoms with E-state index < -0.39 is 71.2 Å². The third-order valence-corrected chi connectivity index (χ3v) is 11.4. The maximum atomic E-state index is 12.8. The van der Waals surface area contributed by atoms with Gasteiger partial charge >= 0.3 is 11.9 Å². The molecule has 0 radical (unpaired) electrons. The average molecular weight is 823 g/mol. The highest BCUT2D eigenvalue weighted by atomic mass is 32.2. The number of ether oxygens (including phenoxy) is 4. The first-order valence-corrected chi connectivity index (χ1v) is 24.2. The van der Waals surface area contributed by atoms with Crippen molar-refractivity contribution in [2.45, 2.75) is 243 Å².